The van der Waals surface area contributed by atoms with E-state index in [1.54, 1.807) is 0 Å². The Morgan fingerprint density at radius 3 is 2.75 bits per heavy atom. The van der Waals surface area contributed by atoms with Crippen LogP contribution in [0.1, 0.15) is 26.2 Å². The largest absolute Gasteiger partial charge is 0.120 e. The Kier molecular flexibility index (Phi) is 5.75. The Labute approximate surface area is 51.6 Å². The summed E-state index contributed by atoms with van der Waals surface area (Å²) < 4.78 is 0. The molecular formula is C8H12. The highest BCUT2D eigenvalue weighted by Crippen LogP contribution is 1.89. The second-order valence-corrected chi connectivity index (χ2v) is 1.62. The van der Waals surface area contributed by atoms with Gasteiger partial charge in [0.2, 0.25) is 0 Å². The van der Waals surface area contributed by atoms with Gasteiger partial charge in [0.1, 0.15) is 0 Å². The maximum atomic E-state index is 5.03. The Hall–Kier alpha value is -0.700. The number of allylic oxidation sites excluding steroid dienone is 2. The molecule has 0 aromatic carbocycles. The van der Waals surface area contributed by atoms with Crippen LogP contribution < -0.4 is 0 Å². The monoisotopic (exact) mass is 108 g/mol. The zero-order valence-electron chi connectivity index (χ0n) is 5.35. The van der Waals surface area contributed by atoms with Crippen LogP contribution in [0.2, 0.25) is 0 Å². The molecule has 0 spiro atoms. The van der Waals surface area contributed by atoms with E-state index in [0.717, 1.165) is 19.3 Å². The van der Waals surface area contributed by atoms with Gasteiger partial charge in [-0.15, -0.1) is 12.3 Å². The topological polar surface area (TPSA) is 0 Å². The van der Waals surface area contributed by atoms with E-state index < -0.39 is 0 Å². The fraction of sp³-hybridized carbons (Fsp3) is 0.500. The maximum absolute atomic E-state index is 5.03. The van der Waals surface area contributed by atoms with Gasteiger partial charge in [0.05, 0.1) is 0 Å². The number of hydrogen-bond donors (Lipinski definition) is 0. The lowest BCUT2D eigenvalue weighted by molar-refractivity contribution is 1.07. The number of rotatable bonds is 3. The molecular weight excluding hydrogens is 96.1 g/mol. The van der Waals surface area contributed by atoms with Crippen LogP contribution >= 0.6 is 0 Å². The van der Waals surface area contributed by atoms with Gasteiger partial charge in [0.15, 0.2) is 0 Å². The standard InChI is InChI=1S/C8H12/c1-3-5-7-8-6-4-2/h1,6,8H,4-5,7H2,2H3. The van der Waals surface area contributed by atoms with Crippen LogP contribution in [0.3, 0.4) is 0 Å². The molecule has 0 amide bonds. The van der Waals surface area contributed by atoms with E-state index in [2.05, 4.69) is 25.0 Å². The van der Waals surface area contributed by atoms with Gasteiger partial charge in [-0.2, -0.15) is 0 Å². The van der Waals surface area contributed by atoms with Crippen molar-refractivity contribution >= 4 is 0 Å². The van der Waals surface area contributed by atoms with Crippen molar-refractivity contribution in [2.75, 3.05) is 0 Å². The van der Waals surface area contributed by atoms with E-state index in [0.29, 0.717) is 0 Å². The Morgan fingerprint density at radius 1 is 1.50 bits per heavy atom. The van der Waals surface area contributed by atoms with Crippen LogP contribution in [-0.2, 0) is 0 Å². The minimum absolute atomic E-state index is 0.872. The lowest BCUT2D eigenvalue weighted by Gasteiger charge is -1.79. The predicted molar refractivity (Wildman–Crippen MR) is 37.5 cm³/mol. The molecule has 0 aliphatic heterocycles. The van der Waals surface area contributed by atoms with Crippen LogP contribution in [0, 0.1) is 12.3 Å². The summed E-state index contributed by atoms with van der Waals surface area (Å²) in [7, 11) is 0. The van der Waals surface area contributed by atoms with Gasteiger partial charge >= 0.3 is 0 Å². The van der Waals surface area contributed by atoms with E-state index in [-0.39, 0.29) is 0 Å². The zero-order valence-corrected chi connectivity index (χ0v) is 5.35. The SMILES string of the molecule is C#CCCC=CCC. The van der Waals surface area contributed by atoms with Gasteiger partial charge in [0, 0.05) is 6.42 Å². The summed E-state index contributed by atoms with van der Waals surface area (Å²) >= 11 is 0. The first-order valence-corrected chi connectivity index (χ1v) is 3.00. The van der Waals surface area contributed by atoms with Crippen LogP contribution in [-0.4, -0.2) is 0 Å². The molecule has 0 N–H and O–H groups in total. The molecule has 0 saturated heterocycles. The fourth-order valence-electron chi connectivity index (χ4n) is 0.451. The molecule has 0 atom stereocenters. The van der Waals surface area contributed by atoms with E-state index in [1.165, 1.54) is 0 Å². The second-order valence-electron chi connectivity index (χ2n) is 1.62. The average molecular weight is 108 g/mol. The molecule has 0 unspecified atom stereocenters. The number of terminal acetylenes is 1. The maximum Gasteiger partial charge on any atom is 0.0121 e. The molecule has 8 heavy (non-hydrogen) atoms. The van der Waals surface area contributed by atoms with Crippen molar-refractivity contribution in [2.45, 2.75) is 26.2 Å². The van der Waals surface area contributed by atoms with Crippen molar-refractivity contribution in [3.8, 4) is 12.3 Å². The third kappa shape index (κ3) is 5.30. The summed E-state index contributed by atoms with van der Waals surface area (Å²) in [6, 6.07) is 0. The summed E-state index contributed by atoms with van der Waals surface area (Å²) in [5.74, 6) is 2.58. The van der Waals surface area contributed by atoms with Gasteiger partial charge < -0.3 is 0 Å². The predicted octanol–water partition coefficient (Wildman–Crippen LogP) is 2.37. The minimum Gasteiger partial charge on any atom is -0.120 e. The second kappa shape index (κ2) is 6.30. The molecule has 44 valence electrons. The highest BCUT2D eigenvalue weighted by Gasteiger charge is 1.71. The molecule has 0 nitrogen and oxygen atoms in total. The molecule has 0 heterocycles. The van der Waals surface area contributed by atoms with E-state index in [9.17, 15) is 0 Å². The van der Waals surface area contributed by atoms with Crippen molar-refractivity contribution < 1.29 is 0 Å². The smallest absolute Gasteiger partial charge is 0.0121 e. The van der Waals surface area contributed by atoms with Gasteiger partial charge in [-0.05, 0) is 12.8 Å². The van der Waals surface area contributed by atoms with E-state index >= 15 is 0 Å². The number of hydrogen-bond acceptors (Lipinski definition) is 0. The highest BCUT2D eigenvalue weighted by atomic mass is 13.8. The summed E-state index contributed by atoms with van der Waals surface area (Å²) in [5, 5.41) is 0. The van der Waals surface area contributed by atoms with E-state index in [1.807, 2.05) is 0 Å². The summed E-state index contributed by atoms with van der Waals surface area (Å²) in [6.45, 7) is 2.12. The quantitative estimate of drug-likeness (QED) is 0.296. The third-order valence-corrected chi connectivity index (χ3v) is 0.858. The Bertz CT molecular complexity index is 93.1. The van der Waals surface area contributed by atoms with Crippen molar-refractivity contribution in [2.24, 2.45) is 0 Å². The van der Waals surface area contributed by atoms with Crippen LogP contribution in [0.25, 0.3) is 0 Å². The van der Waals surface area contributed by atoms with Gasteiger partial charge in [-0.1, -0.05) is 19.1 Å². The first kappa shape index (κ1) is 7.30. The molecule has 0 aliphatic rings. The number of unbranched alkanes of at least 4 members (excludes halogenated alkanes) is 1. The van der Waals surface area contributed by atoms with Crippen molar-refractivity contribution in [1.29, 1.82) is 0 Å². The van der Waals surface area contributed by atoms with Gasteiger partial charge in [-0.25, -0.2) is 0 Å². The normalized spacial score (nSPS) is 9.50. The zero-order chi connectivity index (χ0) is 6.24. The molecule has 0 heteroatoms. The molecule has 0 aromatic rings. The summed E-state index contributed by atoms with van der Waals surface area (Å²) in [6.07, 6.45) is 12.3. The lowest BCUT2D eigenvalue weighted by Crippen LogP contribution is -1.62. The van der Waals surface area contributed by atoms with Crippen molar-refractivity contribution in [3.63, 3.8) is 0 Å². The lowest BCUT2D eigenvalue weighted by atomic mass is 10.3. The average Bonchev–Trinajstić information content (AvgIpc) is 1.81. The van der Waals surface area contributed by atoms with Crippen molar-refractivity contribution in [3.05, 3.63) is 12.2 Å². The molecule has 0 rings (SSSR count). The first-order chi connectivity index (χ1) is 3.91. The summed E-state index contributed by atoms with van der Waals surface area (Å²) in [5.41, 5.74) is 0. The Morgan fingerprint density at radius 2 is 2.25 bits per heavy atom. The van der Waals surface area contributed by atoms with Crippen LogP contribution in [0.5, 0.6) is 0 Å². The fourth-order valence-corrected chi connectivity index (χ4v) is 0.451. The molecule has 0 radical (unpaired) electrons. The minimum atomic E-state index is 0.872. The van der Waals surface area contributed by atoms with Crippen LogP contribution in [0.15, 0.2) is 12.2 Å². The summed E-state index contributed by atoms with van der Waals surface area (Å²) in [4.78, 5) is 0. The van der Waals surface area contributed by atoms with E-state index in [4.69, 9.17) is 6.42 Å². The third-order valence-electron chi connectivity index (χ3n) is 0.858. The van der Waals surface area contributed by atoms with Gasteiger partial charge in [-0.3, -0.25) is 0 Å². The molecule has 0 bridgehead atoms. The highest BCUT2D eigenvalue weighted by molar-refractivity contribution is 4.89. The van der Waals surface area contributed by atoms with Gasteiger partial charge in [0.25, 0.3) is 0 Å². The molecule has 0 fully saturated rings. The molecule has 0 aromatic heterocycles. The molecule has 0 saturated carbocycles. The van der Waals surface area contributed by atoms with Crippen LogP contribution in [0.4, 0.5) is 0 Å². The molecule has 0 aliphatic carbocycles. The first-order valence-electron chi connectivity index (χ1n) is 3.00. The Balaban J connectivity index is 2.94. The van der Waals surface area contributed by atoms with Crippen molar-refractivity contribution in [1.82, 2.24) is 0 Å².